The van der Waals surface area contributed by atoms with E-state index in [1.165, 1.54) is 18.7 Å². The molecule has 5 nitrogen and oxygen atoms in total. The Kier molecular flexibility index (Phi) is 3.76. The highest BCUT2D eigenvalue weighted by molar-refractivity contribution is 7.89. The van der Waals surface area contributed by atoms with E-state index < -0.39 is 10.0 Å². The van der Waals surface area contributed by atoms with Crippen molar-refractivity contribution in [2.75, 3.05) is 6.54 Å². The fraction of sp³-hybridized carbons (Fsp3) is 0.545. The van der Waals surface area contributed by atoms with Gasteiger partial charge in [0.1, 0.15) is 4.90 Å². The molecule has 2 rings (SSSR count). The van der Waals surface area contributed by atoms with E-state index in [1.54, 1.807) is 6.07 Å². The summed E-state index contributed by atoms with van der Waals surface area (Å²) in [6.07, 6.45) is 4.80. The van der Waals surface area contributed by atoms with Crippen molar-refractivity contribution in [2.45, 2.75) is 30.7 Å². The molecular weight excluding hydrogens is 238 g/mol. The van der Waals surface area contributed by atoms with Crippen LogP contribution in [0.5, 0.6) is 0 Å². The van der Waals surface area contributed by atoms with E-state index >= 15 is 0 Å². The minimum absolute atomic E-state index is 0.203. The number of pyridine rings is 1. The molecule has 6 heteroatoms. The summed E-state index contributed by atoms with van der Waals surface area (Å²) < 4.78 is 26.4. The molecular formula is C11H17N3O2S. The zero-order valence-corrected chi connectivity index (χ0v) is 10.4. The van der Waals surface area contributed by atoms with E-state index in [-0.39, 0.29) is 4.90 Å². The zero-order valence-electron chi connectivity index (χ0n) is 9.59. The highest BCUT2D eigenvalue weighted by Crippen LogP contribution is 2.25. The lowest BCUT2D eigenvalue weighted by Crippen LogP contribution is -2.32. The van der Waals surface area contributed by atoms with E-state index in [0.29, 0.717) is 24.7 Å². The molecule has 0 saturated heterocycles. The summed E-state index contributed by atoms with van der Waals surface area (Å²) in [4.78, 5) is 4.18. The first kappa shape index (κ1) is 12.5. The Morgan fingerprint density at radius 2 is 2.18 bits per heavy atom. The van der Waals surface area contributed by atoms with Crippen molar-refractivity contribution in [3.8, 4) is 0 Å². The van der Waals surface area contributed by atoms with Gasteiger partial charge in [-0.1, -0.05) is 6.42 Å². The second-order valence-electron chi connectivity index (χ2n) is 4.34. The fourth-order valence-corrected chi connectivity index (χ4v) is 2.76. The first-order chi connectivity index (χ1) is 8.12. The van der Waals surface area contributed by atoms with E-state index in [9.17, 15) is 8.42 Å². The van der Waals surface area contributed by atoms with Crippen LogP contribution in [0.2, 0.25) is 0 Å². The quantitative estimate of drug-likeness (QED) is 0.807. The smallest absolute Gasteiger partial charge is 0.242 e. The van der Waals surface area contributed by atoms with E-state index in [0.717, 1.165) is 12.8 Å². The summed E-state index contributed by atoms with van der Waals surface area (Å²) in [5.74, 6) is 0.501. The van der Waals surface area contributed by atoms with Gasteiger partial charge in [-0.15, -0.1) is 0 Å². The summed E-state index contributed by atoms with van der Waals surface area (Å²) in [6, 6.07) is 3.18. The minimum atomic E-state index is -3.41. The molecule has 1 heterocycles. The standard InChI is InChI=1S/C11H17N3O2S/c12-6-10-4-5-11(8-13-10)17(15,16)14-7-9-2-1-3-9/h4-5,8-9,14H,1-3,6-7,12H2. The Morgan fingerprint density at radius 1 is 1.41 bits per heavy atom. The van der Waals surface area contributed by atoms with Crippen LogP contribution in [-0.2, 0) is 16.6 Å². The number of nitrogens with one attached hydrogen (secondary N) is 1. The van der Waals surface area contributed by atoms with Gasteiger partial charge in [-0.25, -0.2) is 13.1 Å². The van der Waals surface area contributed by atoms with Crippen LogP contribution >= 0.6 is 0 Å². The molecule has 1 aromatic heterocycles. The van der Waals surface area contributed by atoms with Crippen molar-refractivity contribution in [1.82, 2.24) is 9.71 Å². The van der Waals surface area contributed by atoms with Gasteiger partial charge in [-0.3, -0.25) is 4.98 Å². The maximum Gasteiger partial charge on any atom is 0.242 e. The molecule has 0 aromatic carbocycles. The van der Waals surface area contributed by atoms with Gasteiger partial charge in [0.15, 0.2) is 0 Å². The molecule has 0 radical (unpaired) electrons. The molecule has 0 atom stereocenters. The third-order valence-electron chi connectivity index (χ3n) is 3.10. The summed E-state index contributed by atoms with van der Waals surface area (Å²) in [5.41, 5.74) is 6.09. The highest BCUT2D eigenvalue weighted by atomic mass is 32.2. The Labute approximate surface area is 101 Å². The number of aromatic nitrogens is 1. The molecule has 1 fully saturated rings. The van der Waals surface area contributed by atoms with Gasteiger partial charge in [0.25, 0.3) is 0 Å². The molecule has 0 unspecified atom stereocenters. The van der Waals surface area contributed by atoms with Crippen LogP contribution in [0.3, 0.4) is 0 Å². The van der Waals surface area contributed by atoms with Gasteiger partial charge in [0, 0.05) is 19.3 Å². The van der Waals surface area contributed by atoms with Gasteiger partial charge in [-0.2, -0.15) is 0 Å². The average molecular weight is 255 g/mol. The van der Waals surface area contributed by atoms with Gasteiger partial charge in [-0.05, 0) is 30.9 Å². The van der Waals surface area contributed by atoms with Crippen LogP contribution in [0.4, 0.5) is 0 Å². The first-order valence-electron chi connectivity index (χ1n) is 5.76. The third kappa shape index (κ3) is 3.02. The largest absolute Gasteiger partial charge is 0.325 e. The lowest BCUT2D eigenvalue weighted by molar-refractivity contribution is 0.316. The van der Waals surface area contributed by atoms with Crippen molar-refractivity contribution in [2.24, 2.45) is 11.7 Å². The molecule has 1 aliphatic rings. The van der Waals surface area contributed by atoms with Crippen LogP contribution < -0.4 is 10.5 Å². The van der Waals surface area contributed by atoms with E-state index in [1.807, 2.05) is 0 Å². The van der Waals surface area contributed by atoms with Crippen LogP contribution in [0, 0.1) is 5.92 Å². The van der Waals surface area contributed by atoms with Gasteiger partial charge in [0.05, 0.1) is 5.69 Å². The minimum Gasteiger partial charge on any atom is -0.325 e. The van der Waals surface area contributed by atoms with Crippen molar-refractivity contribution in [1.29, 1.82) is 0 Å². The second-order valence-corrected chi connectivity index (χ2v) is 6.11. The van der Waals surface area contributed by atoms with Crippen molar-refractivity contribution in [3.05, 3.63) is 24.0 Å². The zero-order chi connectivity index (χ0) is 12.3. The summed E-state index contributed by atoms with van der Waals surface area (Å²) in [6.45, 7) is 0.844. The Balaban J connectivity index is 2.02. The maximum absolute atomic E-state index is 11.9. The van der Waals surface area contributed by atoms with Gasteiger partial charge < -0.3 is 5.73 Å². The fourth-order valence-electron chi connectivity index (χ4n) is 1.70. The van der Waals surface area contributed by atoms with Gasteiger partial charge >= 0.3 is 0 Å². The normalized spacial score (nSPS) is 16.8. The Hall–Kier alpha value is -0.980. The third-order valence-corrected chi connectivity index (χ3v) is 4.51. The van der Waals surface area contributed by atoms with Crippen molar-refractivity contribution < 1.29 is 8.42 Å². The average Bonchev–Trinajstić information content (AvgIpc) is 2.27. The van der Waals surface area contributed by atoms with Crippen molar-refractivity contribution >= 4 is 10.0 Å². The monoisotopic (exact) mass is 255 g/mol. The molecule has 0 spiro atoms. The number of hydrogen-bond donors (Lipinski definition) is 2. The molecule has 1 aliphatic carbocycles. The predicted octanol–water partition coefficient (Wildman–Crippen LogP) is 0.619. The van der Waals surface area contributed by atoms with Crippen LogP contribution in [0.25, 0.3) is 0 Å². The van der Waals surface area contributed by atoms with Crippen molar-refractivity contribution in [3.63, 3.8) is 0 Å². The number of rotatable bonds is 5. The van der Waals surface area contributed by atoms with Crippen LogP contribution in [0.1, 0.15) is 25.0 Å². The SMILES string of the molecule is NCc1ccc(S(=O)(=O)NCC2CCC2)cn1. The van der Waals surface area contributed by atoms with E-state index in [2.05, 4.69) is 9.71 Å². The summed E-state index contributed by atoms with van der Waals surface area (Å²) in [5, 5.41) is 0. The molecule has 1 saturated carbocycles. The predicted molar refractivity (Wildman–Crippen MR) is 64.7 cm³/mol. The lowest BCUT2D eigenvalue weighted by Gasteiger charge is -2.25. The van der Waals surface area contributed by atoms with Crippen LogP contribution in [0.15, 0.2) is 23.2 Å². The Bertz CT molecular complexity index is 466. The molecule has 17 heavy (non-hydrogen) atoms. The first-order valence-corrected chi connectivity index (χ1v) is 7.25. The maximum atomic E-state index is 11.9. The summed E-state index contributed by atoms with van der Waals surface area (Å²) >= 11 is 0. The van der Waals surface area contributed by atoms with Gasteiger partial charge in [0.2, 0.25) is 10.0 Å². The molecule has 3 N–H and O–H groups in total. The van der Waals surface area contributed by atoms with E-state index in [4.69, 9.17) is 5.73 Å². The highest BCUT2D eigenvalue weighted by Gasteiger charge is 2.21. The number of sulfonamides is 1. The number of nitrogens with two attached hydrogens (primary N) is 1. The summed E-state index contributed by atoms with van der Waals surface area (Å²) in [7, 11) is -3.41. The van der Waals surface area contributed by atoms with Crippen LogP contribution in [-0.4, -0.2) is 19.9 Å². The molecule has 0 aliphatic heterocycles. The molecule has 0 amide bonds. The molecule has 94 valence electrons. The number of nitrogens with zero attached hydrogens (tertiary/aromatic N) is 1. The molecule has 1 aromatic rings. The topological polar surface area (TPSA) is 85.1 Å². The lowest BCUT2D eigenvalue weighted by atomic mass is 9.86. The Morgan fingerprint density at radius 3 is 2.65 bits per heavy atom. The number of hydrogen-bond acceptors (Lipinski definition) is 4. The molecule has 0 bridgehead atoms. The second kappa shape index (κ2) is 5.12.